The zero-order valence-electron chi connectivity index (χ0n) is 15.4. The van der Waals surface area contributed by atoms with Crippen LogP contribution in [0.1, 0.15) is 51.6 Å². The van der Waals surface area contributed by atoms with Gasteiger partial charge in [0.2, 0.25) is 0 Å². The number of ether oxygens (including phenoxy) is 1. The molecule has 1 aliphatic carbocycles. The van der Waals surface area contributed by atoms with Crippen LogP contribution >= 0.6 is 0 Å². The van der Waals surface area contributed by atoms with Crippen molar-refractivity contribution in [2.45, 2.75) is 71.7 Å². The Morgan fingerprint density at radius 2 is 2.29 bits per heavy atom. The summed E-state index contributed by atoms with van der Waals surface area (Å²) >= 11 is 0. The van der Waals surface area contributed by atoms with Gasteiger partial charge in [-0.3, -0.25) is 0 Å². The largest absolute Gasteiger partial charge is 0.381 e. The minimum absolute atomic E-state index is 0.123. The summed E-state index contributed by atoms with van der Waals surface area (Å²) < 4.78 is 7.82. The second-order valence-electron chi connectivity index (χ2n) is 7.47. The highest BCUT2D eigenvalue weighted by molar-refractivity contribution is 5.80. The number of guanidine groups is 1. The number of fused-ring (bicyclic) bond motifs is 1. The lowest BCUT2D eigenvalue weighted by Gasteiger charge is -2.51. The van der Waals surface area contributed by atoms with E-state index in [1.807, 2.05) is 0 Å². The summed E-state index contributed by atoms with van der Waals surface area (Å²) in [5.74, 6) is 2.09. The molecule has 6 nitrogen and oxygen atoms in total. The minimum atomic E-state index is 0.123. The number of aliphatic imine (C=N–C) groups is 1. The predicted octanol–water partition coefficient (Wildman–Crippen LogP) is 2.09. The van der Waals surface area contributed by atoms with Gasteiger partial charge >= 0.3 is 0 Å². The summed E-state index contributed by atoms with van der Waals surface area (Å²) in [6.45, 7) is 9.16. The maximum Gasteiger partial charge on any atom is 0.191 e. The van der Waals surface area contributed by atoms with Crippen molar-refractivity contribution in [1.82, 2.24) is 20.2 Å². The van der Waals surface area contributed by atoms with Gasteiger partial charge in [0.05, 0.1) is 18.3 Å². The number of aryl methyl sites for hydroxylation is 2. The van der Waals surface area contributed by atoms with Gasteiger partial charge in [-0.05, 0) is 26.2 Å². The van der Waals surface area contributed by atoms with Crippen LogP contribution in [0.25, 0.3) is 0 Å². The smallest absolute Gasteiger partial charge is 0.191 e. The van der Waals surface area contributed by atoms with Gasteiger partial charge in [0, 0.05) is 44.3 Å². The van der Waals surface area contributed by atoms with E-state index in [1.54, 1.807) is 7.11 Å². The maximum atomic E-state index is 5.54. The monoisotopic (exact) mass is 333 g/mol. The number of rotatable bonds is 5. The molecule has 3 rings (SSSR count). The number of methoxy groups -OCH3 is 1. The molecule has 2 N–H and O–H groups in total. The summed E-state index contributed by atoms with van der Waals surface area (Å²) in [5, 5.41) is 6.91. The molecule has 0 radical (unpaired) electrons. The maximum absolute atomic E-state index is 5.54. The van der Waals surface area contributed by atoms with Crippen LogP contribution in [-0.4, -0.2) is 41.3 Å². The van der Waals surface area contributed by atoms with E-state index >= 15 is 0 Å². The van der Waals surface area contributed by atoms with Gasteiger partial charge in [0.25, 0.3) is 0 Å². The zero-order valence-corrected chi connectivity index (χ0v) is 15.4. The first-order valence-corrected chi connectivity index (χ1v) is 9.17. The lowest BCUT2D eigenvalue weighted by molar-refractivity contribution is -0.0922. The van der Waals surface area contributed by atoms with Crippen LogP contribution in [0.15, 0.2) is 11.2 Å². The molecule has 6 heteroatoms. The number of nitrogens with zero attached hydrogens (tertiary/aromatic N) is 3. The summed E-state index contributed by atoms with van der Waals surface area (Å²) in [7, 11) is 1.79. The molecule has 2 atom stereocenters. The number of aromatic nitrogens is 2. The van der Waals surface area contributed by atoms with Crippen molar-refractivity contribution in [3.8, 4) is 0 Å². The van der Waals surface area contributed by atoms with Crippen molar-refractivity contribution in [2.24, 2.45) is 10.4 Å². The quantitative estimate of drug-likeness (QED) is 0.640. The van der Waals surface area contributed by atoms with E-state index in [1.165, 1.54) is 18.7 Å². The van der Waals surface area contributed by atoms with Crippen LogP contribution in [0.4, 0.5) is 0 Å². The lowest BCUT2D eigenvalue weighted by Crippen LogP contribution is -2.63. The van der Waals surface area contributed by atoms with Crippen LogP contribution in [0, 0.1) is 5.41 Å². The Morgan fingerprint density at radius 3 is 2.96 bits per heavy atom. The topological polar surface area (TPSA) is 63.5 Å². The van der Waals surface area contributed by atoms with E-state index in [2.05, 4.69) is 42.2 Å². The Bertz CT molecular complexity index is 569. The van der Waals surface area contributed by atoms with E-state index in [4.69, 9.17) is 14.7 Å². The average molecular weight is 333 g/mol. The van der Waals surface area contributed by atoms with Crippen molar-refractivity contribution in [3.05, 3.63) is 17.7 Å². The van der Waals surface area contributed by atoms with Crippen molar-refractivity contribution in [2.75, 3.05) is 13.7 Å². The second-order valence-corrected chi connectivity index (χ2v) is 7.47. The zero-order chi connectivity index (χ0) is 17.2. The van der Waals surface area contributed by atoms with Gasteiger partial charge in [-0.2, -0.15) is 0 Å². The minimum Gasteiger partial charge on any atom is -0.381 e. The summed E-state index contributed by atoms with van der Waals surface area (Å²) in [5.41, 5.74) is 1.19. The highest BCUT2D eigenvalue weighted by atomic mass is 16.5. The van der Waals surface area contributed by atoms with E-state index in [-0.39, 0.29) is 5.41 Å². The first kappa shape index (κ1) is 17.3. The van der Waals surface area contributed by atoms with Crippen molar-refractivity contribution < 1.29 is 4.74 Å². The molecule has 1 aromatic rings. The summed E-state index contributed by atoms with van der Waals surface area (Å²) in [4.78, 5) is 9.47. The highest BCUT2D eigenvalue weighted by Gasteiger charge is 2.48. The molecule has 0 amide bonds. The van der Waals surface area contributed by atoms with Crippen LogP contribution < -0.4 is 10.6 Å². The molecule has 1 saturated carbocycles. The average Bonchev–Trinajstić information content (AvgIpc) is 2.98. The normalized spacial score (nSPS) is 25.8. The van der Waals surface area contributed by atoms with Crippen molar-refractivity contribution in [3.63, 3.8) is 0 Å². The standard InChI is InChI=1S/C18H31N5O/c1-5-19-17(22-14-10-15(24-4)18(14,2)3)20-11-13-12-23-9-7-6-8-16(23)21-13/h12,14-15H,5-11H2,1-4H3,(H2,19,20,22). The fourth-order valence-corrected chi connectivity index (χ4v) is 3.72. The van der Waals surface area contributed by atoms with Crippen LogP contribution in [0.2, 0.25) is 0 Å². The molecule has 2 unspecified atom stereocenters. The molecule has 24 heavy (non-hydrogen) atoms. The summed E-state index contributed by atoms with van der Waals surface area (Å²) in [6.07, 6.45) is 7.10. The van der Waals surface area contributed by atoms with Crippen LogP contribution in [0.5, 0.6) is 0 Å². The molecule has 0 spiro atoms. The van der Waals surface area contributed by atoms with E-state index < -0.39 is 0 Å². The Balaban J connectivity index is 1.63. The second kappa shape index (κ2) is 7.13. The fraction of sp³-hybridized carbons (Fsp3) is 0.778. The molecule has 0 saturated heterocycles. The molecule has 1 aromatic heterocycles. The van der Waals surface area contributed by atoms with Gasteiger partial charge in [-0.15, -0.1) is 0 Å². The highest BCUT2D eigenvalue weighted by Crippen LogP contribution is 2.42. The molecule has 134 valence electrons. The third-order valence-corrected chi connectivity index (χ3v) is 5.48. The lowest BCUT2D eigenvalue weighted by atomic mass is 9.64. The molecule has 1 fully saturated rings. The Morgan fingerprint density at radius 1 is 1.46 bits per heavy atom. The van der Waals surface area contributed by atoms with Gasteiger partial charge < -0.3 is 19.9 Å². The Labute approximate surface area is 145 Å². The van der Waals surface area contributed by atoms with Crippen molar-refractivity contribution in [1.29, 1.82) is 0 Å². The molecular weight excluding hydrogens is 302 g/mol. The Hall–Kier alpha value is -1.56. The summed E-state index contributed by atoms with van der Waals surface area (Å²) in [6, 6.07) is 0.385. The third-order valence-electron chi connectivity index (χ3n) is 5.48. The molecule has 2 aliphatic rings. The van der Waals surface area contributed by atoms with E-state index in [0.717, 1.165) is 37.6 Å². The SMILES string of the molecule is CCNC(=NCc1cn2c(n1)CCCC2)NC1CC(OC)C1(C)C. The molecule has 0 aromatic carbocycles. The third kappa shape index (κ3) is 3.43. The molecule has 1 aliphatic heterocycles. The molecular formula is C18H31N5O. The van der Waals surface area contributed by atoms with Gasteiger partial charge in [-0.25, -0.2) is 9.98 Å². The molecule has 0 bridgehead atoms. The van der Waals surface area contributed by atoms with E-state index in [0.29, 0.717) is 18.7 Å². The number of hydrogen-bond acceptors (Lipinski definition) is 3. The number of hydrogen-bond donors (Lipinski definition) is 2. The number of imidazole rings is 1. The first-order valence-electron chi connectivity index (χ1n) is 9.17. The molecule has 2 heterocycles. The number of nitrogens with one attached hydrogen (secondary N) is 2. The van der Waals surface area contributed by atoms with Gasteiger partial charge in [0.15, 0.2) is 5.96 Å². The van der Waals surface area contributed by atoms with Crippen LogP contribution in [-0.2, 0) is 24.2 Å². The van der Waals surface area contributed by atoms with Crippen molar-refractivity contribution >= 4 is 5.96 Å². The van der Waals surface area contributed by atoms with Gasteiger partial charge in [0.1, 0.15) is 5.82 Å². The predicted molar refractivity (Wildman–Crippen MR) is 96.1 cm³/mol. The first-order chi connectivity index (χ1) is 11.5. The fourth-order valence-electron chi connectivity index (χ4n) is 3.72. The Kier molecular flexibility index (Phi) is 5.13. The van der Waals surface area contributed by atoms with Crippen LogP contribution in [0.3, 0.4) is 0 Å². The van der Waals surface area contributed by atoms with Gasteiger partial charge in [-0.1, -0.05) is 13.8 Å². The van der Waals surface area contributed by atoms with E-state index in [9.17, 15) is 0 Å².